The van der Waals surface area contributed by atoms with E-state index in [0.29, 0.717) is 5.52 Å². The van der Waals surface area contributed by atoms with E-state index in [0.717, 1.165) is 56.7 Å². The summed E-state index contributed by atoms with van der Waals surface area (Å²) >= 11 is 0. The van der Waals surface area contributed by atoms with Gasteiger partial charge in [0.15, 0.2) is 5.82 Å². The van der Waals surface area contributed by atoms with Gasteiger partial charge in [-0.05, 0) is 44.9 Å². The van der Waals surface area contributed by atoms with Crippen molar-refractivity contribution in [2.75, 3.05) is 13.1 Å². The van der Waals surface area contributed by atoms with Gasteiger partial charge >= 0.3 is 0 Å². The van der Waals surface area contributed by atoms with Gasteiger partial charge in [-0.2, -0.15) is 0 Å². The molecule has 1 aromatic heterocycles. The molecule has 0 saturated carbocycles. The molecule has 0 spiro atoms. The van der Waals surface area contributed by atoms with Gasteiger partial charge in [-0.3, -0.25) is 0 Å². The molecular formula is C17H24FN3. The van der Waals surface area contributed by atoms with Crippen molar-refractivity contribution in [3.05, 3.63) is 29.8 Å². The van der Waals surface area contributed by atoms with Gasteiger partial charge in [0.25, 0.3) is 0 Å². The van der Waals surface area contributed by atoms with Crippen molar-refractivity contribution < 1.29 is 4.39 Å². The number of halogens is 1. The van der Waals surface area contributed by atoms with Gasteiger partial charge in [-0.15, -0.1) is 0 Å². The van der Waals surface area contributed by atoms with E-state index in [-0.39, 0.29) is 11.2 Å². The Bertz CT molecular complexity index is 621. The van der Waals surface area contributed by atoms with Gasteiger partial charge in [0.1, 0.15) is 11.3 Å². The third-order valence-corrected chi connectivity index (χ3v) is 4.72. The lowest BCUT2D eigenvalue weighted by Crippen LogP contribution is -2.45. The van der Waals surface area contributed by atoms with Crippen LogP contribution in [0.3, 0.4) is 0 Å². The van der Waals surface area contributed by atoms with Crippen LogP contribution in [0.4, 0.5) is 4.39 Å². The minimum absolute atomic E-state index is 0.0501. The van der Waals surface area contributed by atoms with Crippen LogP contribution in [0.2, 0.25) is 0 Å². The van der Waals surface area contributed by atoms with Crippen LogP contribution in [0.25, 0.3) is 11.0 Å². The van der Waals surface area contributed by atoms with Crippen molar-refractivity contribution in [1.82, 2.24) is 14.9 Å². The summed E-state index contributed by atoms with van der Waals surface area (Å²) in [6.45, 7) is 7.19. The van der Waals surface area contributed by atoms with Crippen molar-refractivity contribution in [2.24, 2.45) is 0 Å². The molecule has 1 fully saturated rings. The van der Waals surface area contributed by atoms with Gasteiger partial charge in [-0.25, -0.2) is 9.37 Å². The highest BCUT2D eigenvalue weighted by atomic mass is 19.1. The Kier molecular flexibility index (Phi) is 3.98. The van der Waals surface area contributed by atoms with Crippen LogP contribution in [0.15, 0.2) is 18.2 Å². The van der Waals surface area contributed by atoms with Gasteiger partial charge in [-0.1, -0.05) is 19.4 Å². The summed E-state index contributed by atoms with van der Waals surface area (Å²) in [7, 11) is 0. The van der Waals surface area contributed by atoms with Crippen molar-refractivity contribution in [3.8, 4) is 0 Å². The highest BCUT2D eigenvalue weighted by Gasteiger charge is 2.37. The van der Waals surface area contributed by atoms with E-state index in [1.165, 1.54) is 6.07 Å². The first-order chi connectivity index (χ1) is 10.2. The number of hydrogen-bond acceptors (Lipinski definition) is 2. The molecular weight excluding hydrogens is 265 g/mol. The normalized spacial score (nSPS) is 22.8. The van der Waals surface area contributed by atoms with Crippen LogP contribution >= 0.6 is 0 Å². The Morgan fingerprint density at radius 1 is 1.38 bits per heavy atom. The number of hydrogen-bond donors (Lipinski definition) is 1. The SMILES string of the molecule is CCCC1(c2nc3c(F)cccc3n2CC)CCCNC1. The topological polar surface area (TPSA) is 29.9 Å². The molecule has 3 nitrogen and oxygen atoms in total. The number of nitrogens with zero attached hydrogens (tertiary/aromatic N) is 2. The van der Waals surface area contributed by atoms with Crippen LogP contribution in [0.5, 0.6) is 0 Å². The zero-order valence-corrected chi connectivity index (χ0v) is 13.0. The van der Waals surface area contributed by atoms with Crippen LogP contribution in [-0.4, -0.2) is 22.6 Å². The maximum absolute atomic E-state index is 14.1. The molecule has 114 valence electrons. The first-order valence-corrected chi connectivity index (χ1v) is 8.08. The largest absolute Gasteiger partial charge is 0.328 e. The molecule has 1 aliphatic heterocycles. The Balaban J connectivity index is 2.19. The smallest absolute Gasteiger partial charge is 0.151 e. The van der Waals surface area contributed by atoms with Crippen LogP contribution in [0.1, 0.15) is 45.4 Å². The second-order valence-electron chi connectivity index (χ2n) is 6.10. The highest BCUT2D eigenvalue weighted by molar-refractivity contribution is 5.77. The van der Waals surface area contributed by atoms with E-state index in [4.69, 9.17) is 4.98 Å². The molecule has 1 N–H and O–H groups in total. The monoisotopic (exact) mass is 289 g/mol. The number of aryl methyl sites for hydroxylation is 1. The Hall–Kier alpha value is -1.42. The third kappa shape index (κ3) is 2.35. The molecule has 0 amide bonds. The summed E-state index contributed by atoms with van der Waals surface area (Å²) in [5.74, 6) is 0.857. The number of benzene rings is 1. The van der Waals surface area contributed by atoms with Gasteiger partial charge in [0.05, 0.1) is 5.52 Å². The molecule has 0 bridgehead atoms. The predicted octanol–water partition coefficient (Wildman–Crippen LogP) is 3.62. The first-order valence-electron chi connectivity index (χ1n) is 8.08. The van der Waals surface area contributed by atoms with E-state index < -0.39 is 0 Å². The fraction of sp³-hybridized carbons (Fsp3) is 0.588. The molecule has 1 unspecified atom stereocenters. The zero-order chi connectivity index (χ0) is 14.9. The summed E-state index contributed by atoms with van der Waals surface area (Å²) in [5.41, 5.74) is 1.50. The summed E-state index contributed by atoms with van der Waals surface area (Å²) in [4.78, 5) is 4.75. The number of rotatable bonds is 4. The third-order valence-electron chi connectivity index (χ3n) is 4.72. The summed E-state index contributed by atoms with van der Waals surface area (Å²) < 4.78 is 16.3. The van der Waals surface area contributed by atoms with Crippen LogP contribution in [0, 0.1) is 5.82 Å². The molecule has 21 heavy (non-hydrogen) atoms. The standard InChI is InChI=1S/C17H24FN3/c1-3-9-17(10-6-11-19-12-17)16-20-15-13(18)7-5-8-14(15)21(16)4-2/h5,7-8,19H,3-4,6,9-12H2,1-2H3. The molecule has 2 aromatic rings. The van der Waals surface area contributed by atoms with Crippen molar-refractivity contribution in [3.63, 3.8) is 0 Å². The second kappa shape index (κ2) is 5.76. The molecule has 1 saturated heterocycles. The average molecular weight is 289 g/mol. The highest BCUT2D eigenvalue weighted by Crippen LogP contribution is 2.37. The maximum Gasteiger partial charge on any atom is 0.151 e. The number of nitrogens with one attached hydrogen (secondary N) is 1. The summed E-state index contributed by atoms with van der Waals surface area (Å²) in [6, 6.07) is 5.26. The minimum atomic E-state index is -0.212. The molecule has 3 rings (SSSR count). The van der Waals surface area contributed by atoms with Crippen molar-refractivity contribution in [1.29, 1.82) is 0 Å². The van der Waals surface area contributed by atoms with E-state index in [9.17, 15) is 4.39 Å². The quantitative estimate of drug-likeness (QED) is 0.931. The second-order valence-corrected chi connectivity index (χ2v) is 6.10. The van der Waals surface area contributed by atoms with Gasteiger partial charge in [0.2, 0.25) is 0 Å². The zero-order valence-electron chi connectivity index (χ0n) is 13.0. The number of aromatic nitrogens is 2. The fourth-order valence-electron chi connectivity index (χ4n) is 3.80. The molecule has 2 heterocycles. The summed E-state index contributed by atoms with van der Waals surface area (Å²) in [6.07, 6.45) is 4.52. The Morgan fingerprint density at radius 2 is 2.24 bits per heavy atom. The number of para-hydroxylation sites is 1. The Morgan fingerprint density at radius 3 is 2.90 bits per heavy atom. The lowest BCUT2D eigenvalue weighted by molar-refractivity contribution is 0.269. The molecule has 1 aliphatic rings. The maximum atomic E-state index is 14.1. The number of fused-ring (bicyclic) bond motifs is 1. The lowest BCUT2D eigenvalue weighted by atomic mass is 9.76. The fourth-order valence-corrected chi connectivity index (χ4v) is 3.80. The van der Waals surface area contributed by atoms with Gasteiger partial charge in [0, 0.05) is 18.5 Å². The molecule has 1 atom stereocenters. The minimum Gasteiger partial charge on any atom is -0.328 e. The van der Waals surface area contributed by atoms with Crippen LogP contribution < -0.4 is 5.32 Å². The molecule has 0 aliphatic carbocycles. The Labute approximate surface area is 125 Å². The average Bonchev–Trinajstić information content (AvgIpc) is 2.89. The lowest BCUT2D eigenvalue weighted by Gasteiger charge is -2.37. The first kappa shape index (κ1) is 14.5. The van der Waals surface area contributed by atoms with Crippen molar-refractivity contribution >= 4 is 11.0 Å². The van der Waals surface area contributed by atoms with Crippen LogP contribution in [-0.2, 0) is 12.0 Å². The van der Waals surface area contributed by atoms with E-state index in [2.05, 4.69) is 23.7 Å². The van der Waals surface area contributed by atoms with E-state index in [1.54, 1.807) is 6.07 Å². The van der Waals surface area contributed by atoms with E-state index in [1.807, 2.05) is 6.07 Å². The number of imidazole rings is 1. The predicted molar refractivity (Wildman–Crippen MR) is 84.1 cm³/mol. The molecule has 1 aromatic carbocycles. The summed E-state index contributed by atoms with van der Waals surface area (Å²) in [5, 5.41) is 3.52. The molecule has 4 heteroatoms. The van der Waals surface area contributed by atoms with Gasteiger partial charge < -0.3 is 9.88 Å². The van der Waals surface area contributed by atoms with E-state index >= 15 is 0 Å². The van der Waals surface area contributed by atoms with Crippen molar-refractivity contribution in [2.45, 2.75) is 51.5 Å². The number of piperidine rings is 1. The molecule has 0 radical (unpaired) electrons.